The van der Waals surface area contributed by atoms with Gasteiger partial charge in [0.1, 0.15) is 0 Å². The lowest BCUT2D eigenvalue weighted by molar-refractivity contribution is -0.108. The first-order valence-electron chi connectivity index (χ1n) is 2.51. The molecule has 0 spiro atoms. The van der Waals surface area contributed by atoms with Gasteiger partial charge in [-0.25, -0.2) is 0 Å². The Morgan fingerprint density at radius 2 is 2.11 bits per heavy atom. The summed E-state index contributed by atoms with van der Waals surface area (Å²) >= 11 is 11.0. The fourth-order valence-corrected chi connectivity index (χ4v) is 0.443. The van der Waals surface area contributed by atoms with Gasteiger partial charge < -0.3 is 0 Å². The monoisotopic (exact) mass is 166 g/mol. The Kier molecular flexibility index (Phi) is 3.23. The molecule has 0 saturated heterocycles. The molecule has 1 unspecified atom stereocenters. The van der Waals surface area contributed by atoms with Crippen LogP contribution in [-0.4, -0.2) is 10.6 Å². The summed E-state index contributed by atoms with van der Waals surface area (Å²) in [4.78, 5) is 10.1. The predicted molar refractivity (Wildman–Crippen MR) is 39.9 cm³/mol. The number of hydrogen-bond donors (Lipinski definition) is 0. The van der Waals surface area contributed by atoms with Gasteiger partial charge in [-0.1, -0.05) is 36.2 Å². The van der Waals surface area contributed by atoms with Crippen molar-refractivity contribution in [1.29, 1.82) is 0 Å². The van der Waals surface area contributed by atoms with Crippen LogP contribution in [0.25, 0.3) is 0 Å². The fourth-order valence-electron chi connectivity index (χ4n) is 0.264. The largest absolute Gasteiger partial charge is 0.300 e. The quantitative estimate of drug-likeness (QED) is 0.357. The molecular weight excluding hydrogens is 159 g/mol. The standard InChI is InChI=1S/C6H8Cl2O/c1-3-5(2)6(7,8)4-9/h3-5H,1H2,2H3. The average molecular weight is 167 g/mol. The van der Waals surface area contributed by atoms with Gasteiger partial charge in [0.25, 0.3) is 0 Å². The lowest BCUT2D eigenvalue weighted by Gasteiger charge is -2.15. The lowest BCUT2D eigenvalue weighted by atomic mass is 10.1. The number of rotatable bonds is 3. The van der Waals surface area contributed by atoms with Crippen molar-refractivity contribution in [2.45, 2.75) is 11.3 Å². The second-order valence-corrected chi connectivity index (χ2v) is 3.26. The van der Waals surface area contributed by atoms with Crippen LogP contribution < -0.4 is 0 Å². The van der Waals surface area contributed by atoms with Gasteiger partial charge in [-0.05, 0) is 0 Å². The van der Waals surface area contributed by atoms with Crippen molar-refractivity contribution in [1.82, 2.24) is 0 Å². The van der Waals surface area contributed by atoms with Crippen LogP contribution in [0.5, 0.6) is 0 Å². The van der Waals surface area contributed by atoms with Crippen molar-refractivity contribution in [3.05, 3.63) is 12.7 Å². The molecule has 0 aromatic carbocycles. The van der Waals surface area contributed by atoms with E-state index in [0.29, 0.717) is 6.29 Å². The molecule has 1 nitrogen and oxygen atoms in total. The van der Waals surface area contributed by atoms with Gasteiger partial charge in [0.05, 0.1) is 0 Å². The second kappa shape index (κ2) is 3.23. The molecule has 1 atom stereocenters. The van der Waals surface area contributed by atoms with Gasteiger partial charge >= 0.3 is 0 Å². The molecule has 52 valence electrons. The van der Waals surface area contributed by atoms with E-state index in [1.165, 1.54) is 6.08 Å². The zero-order valence-electron chi connectivity index (χ0n) is 5.10. The third kappa shape index (κ3) is 2.37. The highest BCUT2D eigenvalue weighted by Crippen LogP contribution is 2.28. The Balaban J connectivity index is 4.11. The predicted octanol–water partition coefficient (Wildman–Crippen LogP) is 2.18. The second-order valence-electron chi connectivity index (χ2n) is 1.82. The minimum absolute atomic E-state index is 0.210. The van der Waals surface area contributed by atoms with Crippen molar-refractivity contribution in [3.63, 3.8) is 0 Å². The molecule has 0 aromatic heterocycles. The van der Waals surface area contributed by atoms with E-state index in [2.05, 4.69) is 6.58 Å². The maximum Gasteiger partial charge on any atom is 0.178 e. The normalized spacial score (nSPS) is 14.6. The molecule has 0 amide bonds. The Morgan fingerprint density at radius 1 is 1.67 bits per heavy atom. The first-order chi connectivity index (χ1) is 4.04. The molecule has 0 saturated carbocycles. The van der Waals surface area contributed by atoms with Crippen LogP contribution in [0.2, 0.25) is 0 Å². The summed E-state index contributed by atoms with van der Waals surface area (Å²) in [6, 6.07) is 0. The molecule has 0 fully saturated rings. The molecule has 0 radical (unpaired) electrons. The van der Waals surface area contributed by atoms with Gasteiger partial charge in [0, 0.05) is 5.92 Å². The van der Waals surface area contributed by atoms with Crippen LogP contribution in [0.3, 0.4) is 0 Å². The number of halogens is 2. The molecule has 0 aromatic rings. The van der Waals surface area contributed by atoms with Gasteiger partial charge in [-0.3, -0.25) is 4.79 Å². The number of carbonyl (C=O) groups is 1. The Morgan fingerprint density at radius 3 is 2.22 bits per heavy atom. The van der Waals surface area contributed by atoms with E-state index in [4.69, 9.17) is 23.2 Å². The van der Waals surface area contributed by atoms with E-state index < -0.39 is 4.33 Å². The van der Waals surface area contributed by atoms with Crippen LogP contribution in [0, 0.1) is 5.92 Å². The van der Waals surface area contributed by atoms with Gasteiger partial charge in [-0.15, -0.1) is 6.58 Å². The van der Waals surface area contributed by atoms with E-state index in [-0.39, 0.29) is 5.92 Å². The number of aldehydes is 1. The van der Waals surface area contributed by atoms with Gasteiger partial charge in [0.15, 0.2) is 10.6 Å². The summed E-state index contributed by atoms with van der Waals surface area (Å²) in [7, 11) is 0. The minimum Gasteiger partial charge on any atom is -0.300 e. The van der Waals surface area contributed by atoms with Crippen LogP contribution in [0.4, 0.5) is 0 Å². The molecule has 0 aliphatic rings. The highest BCUT2D eigenvalue weighted by molar-refractivity contribution is 6.56. The Labute approximate surface area is 64.6 Å². The zero-order chi connectivity index (χ0) is 7.49. The number of carbonyl (C=O) groups excluding carboxylic acids is 1. The highest BCUT2D eigenvalue weighted by atomic mass is 35.5. The topological polar surface area (TPSA) is 17.1 Å². The van der Waals surface area contributed by atoms with Crippen LogP contribution in [0.1, 0.15) is 6.92 Å². The lowest BCUT2D eigenvalue weighted by Crippen LogP contribution is -2.22. The Hall–Kier alpha value is -0.0100. The van der Waals surface area contributed by atoms with Crippen LogP contribution >= 0.6 is 23.2 Å². The molecule has 3 heteroatoms. The van der Waals surface area contributed by atoms with Crippen molar-refractivity contribution >= 4 is 29.5 Å². The van der Waals surface area contributed by atoms with Crippen molar-refractivity contribution in [2.75, 3.05) is 0 Å². The fraction of sp³-hybridized carbons (Fsp3) is 0.500. The summed E-state index contributed by atoms with van der Waals surface area (Å²) < 4.78 is -1.30. The van der Waals surface area contributed by atoms with Crippen LogP contribution in [-0.2, 0) is 4.79 Å². The first kappa shape index (κ1) is 8.99. The summed E-state index contributed by atoms with van der Waals surface area (Å²) in [5, 5.41) is 0. The molecule has 0 heterocycles. The van der Waals surface area contributed by atoms with Gasteiger partial charge in [-0.2, -0.15) is 0 Å². The molecule has 0 rings (SSSR count). The molecular formula is C6H8Cl2O. The van der Waals surface area contributed by atoms with E-state index in [1.807, 2.05) is 0 Å². The molecule has 0 N–H and O–H groups in total. The smallest absolute Gasteiger partial charge is 0.178 e. The maximum absolute atomic E-state index is 10.1. The van der Waals surface area contributed by atoms with E-state index in [0.717, 1.165) is 0 Å². The third-order valence-corrected chi connectivity index (χ3v) is 1.98. The van der Waals surface area contributed by atoms with Crippen LogP contribution in [0.15, 0.2) is 12.7 Å². The minimum atomic E-state index is -1.30. The zero-order valence-corrected chi connectivity index (χ0v) is 6.62. The number of allylic oxidation sites excluding steroid dienone is 1. The molecule has 0 aliphatic carbocycles. The summed E-state index contributed by atoms with van der Waals surface area (Å²) in [5.74, 6) is -0.210. The third-order valence-electron chi connectivity index (χ3n) is 1.12. The molecule has 0 aliphatic heterocycles. The first-order valence-corrected chi connectivity index (χ1v) is 3.27. The van der Waals surface area contributed by atoms with Crippen molar-refractivity contribution in [3.8, 4) is 0 Å². The van der Waals surface area contributed by atoms with Crippen molar-refractivity contribution in [2.24, 2.45) is 5.92 Å². The number of alkyl halides is 2. The van der Waals surface area contributed by atoms with E-state index >= 15 is 0 Å². The van der Waals surface area contributed by atoms with E-state index in [9.17, 15) is 4.79 Å². The Bertz CT molecular complexity index is 120. The maximum atomic E-state index is 10.1. The highest BCUT2D eigenvalue weighted by Gasteiger charge is 2.28. The summed E-state index contributed by atoms with van der Waals surface area (Å²) in [6.45, 7) is 5.17. The van der Waals surface area contributed by atoms with Crippen molar-refractivity contribution < 1.29 is 4.79 Å². The summed E-state index contributed by atoms with van der Waals surface area (Å²) in [6.07, 6.45) is 2.04. The average Bonchev–Trinajstić information content (AvgIpc) is 1.86. The SMILES string of the molecule is C=CC(C)C(Cl)(Cl)C=O. The number of hydrogen-bond acceptors (Lipinski definition) is 1. The molecule has 9 heavy (non-hydrogen) atoms. The van der Waals surface area contributed by atoms with E-state index in [1.54, 1.807) is 6.92 Å². The molecule has 0 bridgehead atoms. The van der Waals surface area contributed by atoms with Gasteiger partial charge in [0.2, 0.25) is 0 Å². The summed E-state index contributed by atoms with van der Waals surface area (Å²) in [5.41, 5.74) is 0.